The van der Waals surface area contributed by atoms with E-state index in [4.69, 9.17) is 39.4 Å². The Morgan fingerprint density at radius 3 is 0.421 bits per heavy atom. The minimum absolute atomic E-state index is 0. The molecule has 0 amide bonds. The molecule has 0 saturated heterocycles. The summed E-state index contributed by atoms with van der Waals surface area (Å²) >= 11 is 0. The quantitative estimate of drug-likeness (QED) is 0.133. The zero-order chi connectivity index (χ0) is 39.2. The Labute approximate surface area is 371 Å². The Hall–Kier alpha value is -6.26. The van der Waals surface area contributed by atoms with Crippen molar-refractivity contribution in [2.24, 2.45) is 0 Å². The topological polar surface area (TPSA) is 26.2 Å². The van der Waals surface area contributed by atoms with E-state index in [1.807, 2.05) is 182 Å². The molecule has 6 rings (SSSR count). The normalized spacial score (nSPS) is 7.89. The van der Waals surface area contributed by atoms with Gasteiger partial charge in [-0.1, -0.05) is 182 Å². The van der Waals surface area contributed by atoms with E-state index in [0.717, 1.165) is 33.4 Å². The van der Waals surface area contributed by atoms with Crippen LogP contribution < -0.4 is 34.0 Å². The standard InChI is InChI=1S/6C8H7N.2BrH.Fe/c6*1-9-7-8-5-3-2-4-6-8;;;/h6*2-6H,7H2;2*1H;/q;;;;;;;;+2/p-2. The van der Waals surface area contributed by atoms with Gasteiger partial charge in [-0.15, -0.1) is 0 Å². The first-order chi connectivity index (χ1) is 26.6. The molecule has 6 nitrogen and oxygen atoms in total. The number of rotatable bonds is 6. The van der Waals surface area contributed by atoms with E-state index in [2.05, 4.69) is 29.1 Å². The third-order valence-corrected chi connectivity index (χ3v) is 6.63. The summed E-state index contributed by atoms with van der Waals surface area (Å²) in [4.78, 5) is 19.5. The Morgan fingerprint density at radius 2 is 0.333 bits per heavy atom. The molecular weight excluding hydrogens is 876 g/mol. The van der Waals surface area contributed by atoms with Gasteiger partial charge in [0.05, 0.1) is 0 Å². The maximum atomic E-state index is 6.57. The van der Waals surface area contributed by atoms with Gasteiger partial charge in [-0.2, -0.15) is 0 Å². The summed E-state index contributed by atoms with van der Waals surface area (Å²) in [5.74, 6) is 0. The van der Waals surface area contributed by atoms with E-state index >= 15 is 0 Å². The summed E-state index contributed by atoms with van der Waals surface area (Å²) in [7, 11) is 0. The zero-order valence-corrected chi connectivity index (χ0v) is 35.6. The van der Waals surface area contributed by atoms with Crippen molar-refractivity contribution in [3.05, 3.63) is 284 Å². The zero-order valence-electron chi connectivity index (χ0n) is 31.4. The van der Waals surface area contributed by atoms with E-state index in [0.29, 0.717) is 39.3 Å². The van der Waals surface area contributed by atoms with Crippen molar-refractivity contribution in [3.8, 4) is 0 Å². The molecule has 0 aliphatic rings. The monoisotopic (exact) mass is 916 g/mol. The molecule has 0 N–H and O–H groups in total. The summed E-state index contributed by atoms with van der Waals surface area (Å²) < 4.78 is 0. The number of halogens is 2. The van der Waals surface area contributed by atoms with Gasteiger partial charge in [-0.3, -0.25) is 0 Å². The van der Waals surface area contributed by atoms with Crippen molar-refractivity contribution in [2.45, 2.75) is 39.3 Å². The van der Waals surface area contributed by atoms with Crippen molar-refractivity contribution < 1.29 is 51.0 Å². The molecule has 0 bridgehead atoms. The van der Waals surface area contributed by atoms with Crippen LogP contribution in [0.5, 0.6) is 0 Å². The molecular formula is C48H42Br2FeN6. The maximum Gasteiger partial charge on any atom is 2.00 e. The second-order valence-corrected chi connectivity index (χ2v) is 10.8. The van der Waals surface area contributed by atoms with Crippen LogP contribution in [0.25, 0.3) is 29.1 Å². The smallest absolute Gasteiger partial charge is 1.00 e. The van der Waals surface area contributed by atoms with Crippen molar-refractivity contribution in [2.75, 3.05) is 0 Å². The second-order valence-electron chi connectivity index (χ2n) is 10.8. The Morgan fingerprint density at radius 1 is 0.228 bits per heavy atom. The fourth-order valence-corrected chi connectivity index (χ4v) is 4.05. The van der Waals surface area contributed by atoms with Crippen LogP contribution in [0.3, 0.4) is 0 Å². The number of hydrogen-bond acceptors (Lipinski definition) is 0. The Kier molecular flexibility index (Phi) is 39.5. The van der Waals surface area contributed by atoms with Gasteiger partial charge in [0, 0.05) is 33.4 Å². The van der Waals surface area contributed by atoms with Crippen LogP contribution in [0.15, 0.2) is 182 Å². The fourth-order valence-electron chi connectivity index (χ4n) is 4.05. The molecule has 0 fully saturated rings. The molecule has 0 aromatic heterocycles. The van der Waals surface area contributed by atoms with Gasteiger partial charge >= 0.3 is 17.1 Å². The fraction of sp³-hybridized carbons (Fsp3) is 0.125. The van der Waals surface area contributed by atoms with Crippen molar-refractivity contribution in [3.63, 3.8) is 0 Å². The second kappa shape index (κ2) is 40.9. The largest absolute Gasteiger partial charge is 2.00 e. The van der Waals surface area contributed by atoms with E-state index in [9.17, 15) is 0 Å². The third-order valence-electron chi connectivity index (χ3n) is 6.63. The van der Waals surface area contributed by atoms with E-state index in [1.54, 1.807) is 0 Å². The van der Waals surface area contributed by atoms with Crippen molar-refractivity contribution in [1.82, 2.24) is 0 Å². The van der Waals surface area contributed by atoms with Crippen LogP contribution in [0, 0.1) is 39.4 Å². The number of benzene rings is 6. The molecule has 6 aromatic carbocycles. The molecule has 0 heterocycles. The SMILES string of the molecule is [Br-].[Br-].[C-]#[N+]Cc1ccccc1.[C-]#[N+]Cc1ccccc1.[C-]#[N+]Cc1ccccc1.[C-]#[N+]Cc1ccccc1.[C-]#[N+]Cc1ccccc1.[C-]#[N+]Cc1ccccc1.[Fe+2]. The average Bonchev–Trinajstić information content (AvgIpc) is 3.22. The summed E-state index contributed by atoms with van der Waals surface area (Å²) in [6.07, 6.45) is 0. The molecule has 6 aromatic rings. The molecule has 0 unspecified atom stereocenters. The minimum atomic E-state index is 0. The molecule has 286 valence electrons. The Bertz CT molecular complexity index is 1670. The molecule has 0 aliphatic heterocycles. The summed E-state index contributed by atoms with van der Waals surface area (Å²) in [6.45, 7) is 42.4. The first kappa shape index (κ1) is 55.1. The van der Waals surface area contributed by atoms with Gasteiger partial charge in [-0.05, 0) is 0 Å². The van der Waals surface area contributed by atoms with Gasteiger partial charge in [0.2, 0.25) is 39.3 Å². The van der Waals surface area contributed by atoms with Gasteiger partial charge in [0.25, 0.3) is 0 Å². The predicted molar refractivity (Wildman–Crippen MR) is 220 cm³/mol. The average molecular weight is 919 g/mol. The van der Waals surface area contributed by atoms with Crippen LogP contribution in [-0.4, -0.2) is 0 Å². The summed E-state index contributed by atoms with van der Waals surface area (Å²) in [5, 5.41) is 0. The maximum absolute atomic E-state index is 6.57. The minimum Gasteiger partial charge on any atom is -1.00 e. The molecule has 0 spiro atoms. The van der Waals surface area contributed by atoms with Crippen LogP contribution in [0.2, 0.25) is 0 Å². The van der Waals surface area contributed by atoms with Gasteiger partial charge in [-0.25, -0.2) is 39.4 Å². The molecule has 0 saturated carbocycles. The Balaban J connectivity index is -0.000000607. The van der Waals surface area contributed by atoms with Crippen LogP contribution in [-0.2, 0) is 56.3 Å². The molecule has 57 heavy (non-hydrogen) atoms. The van der Waals surface area contributed by atoms with Crippen molar-refractivity contribution >= 4 is 0 Å². The number of hydrogen-bond donors (Lipinski definition) is 0. The van der Waals surface area contributed by atoms with Gasteiger partial charge in [0.1, 0.15) is 0 Å². The van der Waals surface area contributed by atoms with Gasteiger partial charge < -0.3 is 63.0 Å². The summed E-state index contributed by atoms with van der Waals surface area (Å²) in [5.41, 5.74) is 6.54. The van der Waals surface area contributed by atoms with Crippen LogP contribution >= 0.6 is 0 Å². The van der Waals surface area contributed by atoms with Crippen LogP contribution in [0.1, 0.15) is 33.4 Å². The molecule has 0 aliphatic carbocycles. The van der Waals surface area contributed by atoms with Gasteiger partial charge in [0.15, 0.2) is 0 Å². The number of nitrogens with zero attached hydrogens (tertiary/aromatic N) is 6. The molecule has 0 radical (unpaired) electrons. The molecule has 9 heteroatoms. The first-order valence-corrected chi connectivity index (χ1v) is 16.8. The third kappa shape index (κ3) is 31.8. The molecule has 0 atom stereocenters. The van der Waals surface area contributed by atoms with Crippen LogP contribution in [0.4, 0.5) is 0 Å². The van der Waals surface area contributed by atoms with E-state index < -0.39 is 0 Å². The van der Waals surface area contributed by atoms with E-state index in [1.165, 1.54) is 0 Å². The summed E-state index contributed by atoms with van der Waals surface area (Å²) in [6, 6.07) is 58.5. The van der Waals surface area contributed by atoms with E-state index in [-0.39, 0.29) is 51.0 Å². The first-order valence-electron chi connectivity index (χ1n) is 16.8. The predicted octanol–water partition coefficient (Wildman–Crippen LogP) is 6.64. The van der Waals surface area contributed by atoms with Crippen molar-refractivity contribution in [1.29, 1.82) is 0 Å².